The van der Waals surface area contributed by atoms with Crippen molar-refractivity contribution in [1.82, 2.24) is 5.43 Å². The Labute approximate surface area is 122 Å². The highest BCUT2D eigenvalue weighted by Crippen LogP contribution is 2.34. The number of hydrogen-bond acceptors (Lipinski definition) is 4. The summed E-state index contributed by atoms with van der Waals surface area (Å²) in [6.07, 6.45) is 0.854. The molecule has 0 amide bonds. The van der Waals surface area contributed by atoms with Gasteiger partial charge in [0.15, 0.2) is 0 Å². The molecule has 0 aliphatic carbocycles. The van der Waals surface area contributed by atoms with Crippen LogP contribution in [0.25, 0.3) is 0 Å². The summed E-state index contributed by atoms with van der Waals surface area (Å²) >= 11 is 13.1. The van der Waals surface area contributed by atoms with E-state index in [4.69, 9.17) is 17.4 Å². The van der Waals surface area contributed by atoms with E-state index in [2.05, 4.69) is 38.2 Å². The van der Waals surface area contributed by atoms with Crippen molar-refractivity contribution in [2.75, 3.05) is 0 Å². The molecule has 0 aliphatic heterocycles. The second kappa shape index (κ2) is 5.82. The van der Waals surface area contributed by atoms with Crippen molar-refractivity contribution in [2.45, 2.75) is 19.4 Å². The van der Waals surface area contributed by atoms with Crippen molar-refractivity contribution in [3.63, 3.8) is 0 Å². The Morgan fingerprint density at radius 2 is 2.24 bits per heavy atom. The number of rotatable bonds is 4. The van der Waals surface area contributed by atoms with Crippen molar-refractivity contribution in [2.24, 2.45) is 5.84 Å². The topological polar surface area (TPSA) is 38.0 Å². The molecule has 92 valence electrons. The van der Waals surface area contributed by atoms with Gasteiger partial charge >= 0.3 is 0 Å². The molecule has 2 nitrogen and oxygen atoms in total. The van der Waals surface area contributed by atoms with Gasteiger partial charge in [0, 0.05) is 26.0 Å². The molecule has 0 fully saturated rings. The SMILES string of the molecule is Cc1csc(C(Cc2cc(Br)cs2)NN)c1Cl. The average molecular weight is 352 g/mol. The number of nitrogens with two attached hydrogens (primary N) is 1. The van der Waals surface area contributed by atoms with Crippen LogP contribution in [-0.4, -0.2) is 0 Å². The third-order valence-electron chi connectivity index (χ3n) is 2.47. The maximum absolute atomic E-state index is 6.26. The van der Waals surface area contributed by atoms with Crippen LogP contribution in [-0.2, 0) is 6.42 Å². The van der Waals surface area contributed by atoms with E-state index in [1.165, 1.54) is 4.88 Å². The Bertz CT molecular complexity index is 509. The molecular weight excluding hydrogens is 340 g/mol. The van der Waals surface area contributed by atoms with Crippen LogP contribution >= 0.6 is 50.2 Å². The van der Waals surface area contributed by atoms with E-state index in [1.54, 1.807) is 22.7 Å². The Kier molecular flexibility index (Phi) is 4.63. The first-order valence-corrected chi connectivity index (χ1v) is 7.97. The lowest BCUT2D eigenvalue weighted by molar-refractivity contribution is 0.564. The van der Waals surface area contributed by atoms with E-state index in [9.17, 15) is 0 Å². The van der Waals surface area contributed by atoms with E-state index in [0.717, 1.165) is 26.4 Å². The van der Waals surface area contributed by atoms with Crippen LogP contribution in [0.4, 0.5) is 0 Å². The summed E-state index contributed by atoms with van der Waals surface area (Å²) in [6, 6.07) is 2.19. The molecule has 2 aromatic rings. The number of nitrogens with one attached hydrogen (secondary N) is 1. The molecule has 0 spiro atoms. The Morgan fingerprint density at radius 3 is 2.71 bits per heavy atom. The average Bonchev–Trinajstić information content (AvgIpc) is 2.85. The predicted molar refractivity (Wildman–Crippen MR) is 79.9 cm³/mol. The van der Waals surface area contributed by atoms with E-state index in [1.807, 2.05) is 6.92 Å². The van der Waals surface area contributed by atoms with Crippen molar-refractivity contribution in [3.8, 4) is 0 Å². The third-order valence-corrected chi connectivity index (χ3v) is 6.02. The lowest BCUT2D eigenvalue weighted by Gasteiger charge is -2.13. The lowest BCUT2D eigenvalue weighted by atomic mass is 10.1. The smallest absolute Gasteiger partial charge is 0.0616 e. The van der Waals surface area contributed by atoms with Gasteiger partial charge in [-0.1, -0.05) is 11.6 Å². The molecular formula is C11H12BrClN2S2. The molecule has 17 heavy (non-hydrogen) atoms. The highest BCUT2D eigenvalue weighted by Gasteiger charge is 2.18. The van der Waals surface area contributed by atoms with Gasteiger partial charge in [-0.25, -0.2) is 0 Å². The highest BCUT2D eigenvalue weighted by molar-refractivity contribution is 9.10. The minimum absolute atomic E-state index is 0.0757. The van der Waals surface area contributed by atoms with Gasteiger partial charge in [0.1, 0.15) is 0 Å². The highest BCUT2D eigenvalue weighted by atomic mass is 79.9. The normalized spacial score (nSPS) is 12.9. The first-order valence-electron chi connectivity index (χ1n) is 5.04. The second-order valence-electron chi connectivity index (χ2n) is 3.75. The number of hydrazine groups is 1. The van der Waals surface area contributed by atoms with Gasteiger partial charge in [-0.05, 0) is 39.9 Å². The van der Waals surface area contributed by atoms with Gasteiger partial charge in [-0.2, -0.15) is 0 Å². The molecule has 0 bridgehead atoms. The molecule has 0 saturated carbocycles. The molecule has 0 aromatic carbocycles. The van der Waals surface area contributed by atoms with Crippen LogP contribution < -0.4 is 11.3 Å². The fourth-order valence-electron chi connectivity index (χ4n) is 1.57. The molecule has 2 heterocycles. The zero-order valence-electron chi connectivity index (χ0n) is 9.17. The molecule has 1 atom stereocenters. The first kappa shape index (κ1) is 13.5. The van der Waals surface area contributed by atoms with Crippen molar-refractivity contribution < 1.29 is 0 Å². The number of hydrogen-bond donors (Lipinski definition) is 2. The largest absolute Gasteiger partial charge is 0.271 e. The first-order chi connectivity index (χ1) is 8.11. The minimum Gasteiger partial charge on any atom is -0.271 e. The quantitative estimate of drug-likeness (QED) is 0.637. The summed E-state index contributed by atoms with van der Waals surface area (Å²) in [4.78, 5) is 2.39. The fraction of sp³-hybridized carbons (Fsp3) is 0.273. The van der Waals surface area contributed by atoms with Crippen LogP contribution in [0.5, 0.6) is 0 Å². The molecule has 0 radical (unpaired) electrons. The van der Waals surface area contributed by atoms with Crippen LogP contribution in [0.15, 0.2) is 21.3 Å². The molecule has 1 unspecified atom stereocenters. The van der Waals surface area contributed by atoms with Crippen molar-refractivity contribution >= 4 is 50.2 Å². The van der Waals surface area contributed by atoms with E-state index < -0.39 is 0 Å². The van der Waals surface area contributed by atoms with Gasteiger partial charge in [0.2, 0.25) is 0 Å². The minimum atomic E-state index is 0.0757. The Balaban J connectivity index is 2.19. The molecule has 6 heteroatoms. The van der Waals surface area contributed by atoms with E-state index in [-0.39, 0.29) is 6.04 Å². The van der Waals surface area contributed by atoms with E-state index >= 15 is 0 Å². The number of halogens is 2. The number of aryl methyl sites for hydroxylation is 1. The zero-order chi connectivity index (χ0) is 12.4. The lowest BCUT2D eigenvalue weighted by Crippen LogP contribution is -2.28. The molecule has 3 N–H and O–H groups in total. The van der Waals surface area contributed by atoms with Gasteiger partial charge in [0.05, 0.1) is 11.1 Å². The third kappa shape index (κ3) is 3.10. The summed E-state index contributed by atoms with van der Waals surface area (Å²) in [5.74, 6) is 5.63. The fourth-order valence-corrected chi connectivity index (χ4v) is 4.46. The van der Waals surface area contributed by atoms with E-state index in [0.29, 0.717) is 0 Å². The Morgan fingerprint density at radius 1 is 1.47 bits per heavy atom. The molecule has 0 aliphatic rings. The van der Waals surface area contributed by atoms with Gasteiger partial charge < -0.3 is 0 Å². The van der Waals surface area contributed by atoms with Crippen LogP contribution in [0.1, 0.15) is 21.4 Å². The zero-order valence-corrected chi connectivity index (χ0v) is 13.1. The number of thiophene rings is 2. The summed E-state index contributed by atoms with van der Waals surface area (Å²) in [5, 5.41) is 4.96. The summed E-state index contributed by atoms with van der Waals surface area (Å²) in [5.41, 5.74) is 3.96. The second-order valence-corrected chi connectivity index (χ2v) is 6.95. The standard InChI is InChI=1S/C11H12BrClN2S2/c1-6-4-17-11(10(6)13)9(15-14)3-8-2-7(12)5-16-8/h2,4-5,9,15H,3,14H2,1H3. The molecule has 2 rings (SSSR count). The van der Waals surface area contributed by atoms with Crippen molar-refractivity contribution in [3.05, 3.63) is 41.6 Å². The summed E-state index contributed by atoms with van der Waals surface area (Å²) in [6.45, 7) is 2.01. The van der Waals surface area contributed by atoms with Gasteiger partial charge in [-0.3, -0.25) is 11.3 Å². The van der Waals surface area contributed by atoms with Crippen LogP contribution in [0.2, 0.25) is 5.02 Å². The van der Waals surface area contributed by atoms with Crippen LogP contribution in [0, 0.1) is 6.92 Å². The van der Waals surface area contributed by atoms with Crippen LogP contribution in [0.3, 0.4) is 0 Å². The maximum Gasteiger partial charge on any atom is 0.0616 e. The van der Waals surface area contributed by atoms with Crippen molar-refractivity contribution in [1.29, 1.82) is 0 Å². The predicted octanol–water partition coefficient (Wildman–Crippen LogP) is 4.28. The summed E-state index contributed by atoms with van der Waals surface area (Å²) in [7, 11) is 0. The Hall–Kier alpha value is 0.0900. The maximum atomic E-state index is 6.26. The summed E-state index contributed by atoms with van der Waals surface area (Å²) < 4.78 is 1.11. The molecule has 2 aromatic heterocycles. The monoisotopic (exact) mass is 350 g/mol. The van der Waals surface area contributed by atoms with Gasteiger partial charge in [-0.15, -0.1) is 22.7 Å². The molecule has 0 saturated heterocycles. The van der Waals surface area contributed by atoms with Gasteiger partial charge in [0.25, 0.3) is 0 Å².